The molecule has 2 aliphatic heterocycles. The Morgan fingerprint density at radius 3 is 2.60 bits per heavy atom. The molecule has 1 atom stereocenters. The van der Waals surface area contributed by atoms with E-state index in [2.05, 4.69) is 5.32 Å². The van der Waals surface area contributed by atoms with E-state index >= 15 is 0 Å². The molecule has 1 aromatic rings. The number of quaternary nitrogens is 1. The fourth-order valence-corrected chi connectivity index (χ4v) is 3.37. The fraction of sp³-hybridized carbons (Fsp3) is 0.529. The summed E-state index contributed by atoms with van der Waals surface area (Å²) in [4.78, 5) is 29.2. The quantitative estimate of drug-likeness (QED) is 0.640. The predicted octanol–water partition coefficient (Wildman–Crippen LogP) is -1.17. The molecule has 0 aliphatic carbocycles. The molecule has 136 valence electrons. The molecule has 2 saturated heterocycles. The number of nitrogens with zero attached hydrogens (tertiary/aromatic N) is 2. The second-order valence-electron chi connectivity index (χ2n) is 6.54. The highest BCUT2D eigenvalue weighted by molar-refractivity contribution is 5.96. The highest BCUT2D eigenvalue weighted by Gasteiger charge is 2.33. The van der Waals surface area contributed by atoms with E-state index in [9.17, 15) is 14.0 Å². The van der Waals surface area contributed by atoms with Crippen LogP contribution < -0.4 is 15.1 Å². The molecule has 0 radical (unpaired) electrons. The maximum atomic E-state index is 13.0. The molecule has 2 fully saturated rings. The minimum absolute atomic E-state index is 0.0749. The Labute approximate surface area is 146 Å². The SMILES string of the molecule is O=C(N[C@H]1CC(=O)N(c2ccc(F)cc2)C1)N1CC[NH+](CCO)CC1. The zero-order valence-corrected chi connectivity index (χ0v) is 14.1. The van der Waals surface area contributed by atoms with Crippen LogP contribution in [0.3, 0.4) is 0 Å². The third-order valence-corrected chi connectivity index (χ3v) is 4.81. The molecule has 1 aromatic carbocycles. The third kappa shape index (κ3) is 4.26. The first-order valence-electron chi connectivity index (χ1n) is 8.62. The summed E-state index contributed by atoms with van der Waals surface area (Å²) >= 11 is 0. The van der Waals surface area contributed by atoms with Crippen molar-refractivity contribution in [2.45, 2.75) is 12.5 Å². The molecule has 0 bridgehead atoms. The Morgan fingerprint density at radius 1 is 1.28 bits per heavy atom. The Kier molecular flexibility index (Phi) is 5.50. The van der Waals surface area contributed by atoms with Gasteiger partial charge in [-0.3, -0.25) is 4.79 Å². The van der Waals surface area contributed by atoms with Crippen LogP contribution in [0.5, 0.6) is 0 Å². The highest BCUT2D eigenvalue weighted by Crippen LogP contribution is 2.21. The van der Waals surface area contributed by atoms with Crippen LogP contribution in [0, 0.1) is 5.82 Å². The Morgan fingerprint density at radius 2 is 1.96 bits per heavy atom. The van der Waals surface area contributed by atoms with Crippen molar-refractivity contribution in [1.29, 1.82) is 0 Å². The molecule has 7 nitrogen and oxygen atoms in total. The van der Waals surface area contributed by atoms with Gasteiger partial charge >= 0.3 is 6.03 Å². The fourth-order valence-electron chi connectivity index (χ4n) is 3.37. The van der Waals surface area contributed by atoms with E-state index in [4.69, 9.17) is 5.11 Å². The van der Waals surface area contributed by atoms with E-state index in [0.29, 0.717) is 31.9 Å². The van der Waals surface area contributed by atoms with E-state index in [-0.39, 0.29) is 36.8 Å². The lowest BCUT2D eigenvalue weighted by molar-refractivity contribution is -0.904. The van der Waals surface area contributed by atoms with Gasteiger partial charge in [0.25, 0.3) is 0 Å². The average Bonchev–Trinajstić information content (AvgIpc) is 2.97. The monoisotopic (exact) mass is 351 g/mol. The summed E-state index contributed by atoms with van der Waals surface area (Å²) in [6, 6.07) is 5.39. The number of nitrogens with one attached hydrogen (secondary N) is 2. The number of hydrogen-bond donors (Lipinski definition) is 3. The van der Waals surface area contributed by atoms with Crippen molar-refractivity contribution in [3.63, 3.8) is 0 Å². The summed E-state index contributed by atoms with van der Waals surface area (Å²) in [5.41, 5.74) is 0.643. The second-order valence-corrected chi connectivity index (χ2v) is 6.54. The minimum Gasteiger partial charge on any atom is -0.391 e. The number of urea groups is 1. The first-order chi connectivity index (χ1) is 12.1. The number of amides is 3. The molecule has 2 aliphatic rings. The summed E-state index contributed by atoms with van der Waals surface area (Å²) in [7, 11) is 0. The number of rotatable bonds is 4. The van der Waals surface area contributed by atoms with Gasteiger partial charge in [0.2, 0.25) is 5.91 Å². The van der Waals surface area contributed by atoms with Crippen molar-refractivity contribution in [2.24, 2.45) is 0 Å². The molecule has 0 aromatic heterocycles. The maximum Gasteiger partial charge on any atom is 0.318 e. The smallest absolute Gasteiger partial charge is 0.318 e. The van der Waals surface area contributed by atoms with Crippen LogP contribution in [0.2, 0.25) is 0 Å². The van der Waals surface area contributed by atoms with Gasteiger partial charge < -0.3 is 25.1 Å². The molecule has 2 heterocycles. The van der Waals surface area contributed by atoms with E-state index < -0.39 is 0 Å². The molecule has 0 unspecified atom stereocenters. The van der Waals surface area contributed by atoms with Gasteiger partial charge in [0.05, 0.1) is 38.8 Å². The van der Waals surface area contributed by atoms with Crippen molar-refractivity contribution in [3.05, 3.63) is 30.1 Å². The first kappa shape index (κ1) is 17.6. The largest absolute Gasteiger partial charge is 0.391 e. The molecule has 3 rings (SSSR count). The molecule has 8 heteroatoms. The van der Waals surface area contributed by atoms with Crippen molar-refractivity contribution < 1.29 is 24.0 Å². The molecular formula is C17H24FN4O3+. The van der Waals surface area contributed by atoms with E-state index in [1.54, 1.807) is 21.9 Å². The topological polar surface area (TPSA) is 77.3 Å². The number of anilines is 1. The lowest BCUT2D eigenvalue weighted by atomic mass is 10.2. The number of carbonyl (C=O) groups excluding carboxylic acids is 2. The van der Waals surface area contributed by atoms with Crippen molar-refractivity contribution in [1.82, 2.24) is 10.2 Å². The highest BCUT2D eigenvalue weighted by atomic mass is 19.1. The molecule has 0 spiro atoms. The van der Waals surface area contributed by atoms with Crippen LogP contribution in [0.1, 0.15) is 6.42 Å². The standard InChI is InChI=1S/C17H23FN4O3/c18-13-1-3-15(4-2-13)22-12-14(11-16(22)24)19-17(25)21-7-5-20(6-8-21)9-10-23/h1-4,14,23H,5-12H2,(H,19,25)/p+1/t14-/m0/s1. The van der Waals surface area contributed by atoms with E-state index in [1.807, 2.05) is 0 Å². The zero-order chi connectivity index (χ0) is 17.8. The van der Waals surface area contributed by atoms with Gasteiger partial charge in [-0.15, -0.1) is 0 Å². The van der Waals surface area contributed by atoms with Crippen LogP contribution in [0.15, 0.2) is 24.3 Å². The van der Waals surface area contributed by atoms with Crippen molar-refractivity contribution in [3.8, 4) is 0 Å². The Hall–Kier alpha value is -2.19. The van der Waals surface area contributed by atoms with Crippen LogP contribution >= 0.6 is 0 Å². The number of halogens is 1. The summed E-state index contributed by atoms with van der Waals surface area (Å²) in [5, 5.41) is 11.9. The number of benzene rings is 1. The summed E-state index contributed by atoms with van der Waals surface area (Å²) in [6.45, 7) is 4.18. The van der Waals surface area contributed by atoms with E-state index in [1.165, 1.54) is 17.0 Å². The number of carbonyl (C=O) groups is 2. The van der Waals surface area contributed by atoms with Gasteiger partial charge in [-0.25, -0.2) is 9.18 Å². The number of piperazine rings is 1. The number of hydrogen-bond acceptors (Lipinski definition) is 3. The maximum absolute atomic E-state index is 13.0. The van der Waals surface area contributed by atoms with Gasteiger partial charge in [-0.05, 0) is 24.3 Å². The van der Waals surface area contributed by atoms with Crippen molar-refractivity contribution in [2.75, 3.05) is 50.8 Å². The second kappa shape index (κ2) is 7.79. The van der Waals surface area contributed by atoms with Crippen LogP contribution in [-0.2, 0) is 4.79 Å². The first-order valence-corrected chi connectivity index (χ1v) is 8.62. The zero-order valence-electron chi connectivity index (χ0n) is 14.1. The normalized spacial score (nSPS) is 21.7. The molecule has 25 heavy (non-hydrogen) atoms. The number of aliphatic hydroxyl groups is 1. The van der Waals surface area contributed by atoms with Gasteiger partial charge in [-0.2, -0.15) is 0 Å². The predicted molar refractivity (Wildman–Crippen MR) is 89.9 cm³/mol. The molecular weight excluding hydrogens is 327 g/mol. The average molecular weight is 351 g/mol. The molecule has 0 saturated carbocycles. The minimum atomic E-state index is -0.345. The van der Waals surface area contributed by atoms with E-state index in [0.717, 1.165) is 13.1 Å². The van der Waals surface area contributed by atoms with Crippen LogP contribution in [-0.4, -0.2) is 73.9 Å². The summed E-state index contributed by atoms with van der Waals surface area (Å²) in [6.07, 6.45) is 0.249. The number of aliphatic hydroxyl groups excluding tert-OH is 1. The molecule has 3 amide bonds. The lowest BCUT2D eigenvalue weighted by Crippen LogP contribution is -3.15. The van der Waals surface area contributed by atoms with Gasteiger partial charge in [0.1, 0.15) is 12.4 Å². The third-order valence-electron chi connectivity index (χ3n) is 4.81. The Bertz CT molecular complexity index is 617. The van der Waals surface area contributed by atoms with Gasteiger partial charge in [0.15, 0.2) is 0 Å². The Balaban J connectivity index is 1.51. The van der Waals surface area contributed by atoms with Gasteiger partial charge in [0, 0.05) is 18.7 Å². The summed E-state index contributed by atoms with van der Waals surface area (Å²) in [5.74, 6) is -0.420. The lowest BCUT2D eigenvalue weighted by Gasteiger charge is -2.32. The van der Waals surface area contributed by atoms with Crippen LogP contribution in [0.4, 0.5) is 14.9 Å². The van der Waals surface area contributed by atoms with Crippen molar-refractivity contribution >= 4 is 17.6 Å². The molecule has 3 N–H and O–H groups in total. The van der Waals surface area contributed by atoms with Crippen LogP contribution in [0.25, 0.3) is 0 Å². The van der Waals surface area contributed by atoms with Gasteiger partial charge in [-0.1, -0.05) is 0 Å². The summed E-state index contributed by atoms with van der Waals surface area (Å²) < 4.78 is 13.0.